The molecule has 4 atom stereocenters. The van der Waals surface area contributed by atoms with Gasteiger partial charge in [0, 0.05) is 31.6 Å². The molecule has 2 heterocycles. The smallest absolute Gasteiger partial charge is 0.292 e. The number of allylic oxidation sites excluding steroid dienone is 1. The van der Waals surface area contributed by atoms with Crippen molar-refractivity contribution < 1.29 is 18.9 Å². The summed E-state index contributed by atoms with van der Waals surface area (Å²) in [6.07, 6.45) is 15.1. The third-order valence-corrected chi connectivity index (χ3v) is 11.0. The first kappa shape index (κ1) is 28.7. The fourth-order valence-electron chi connectivity index (χ4n) is 8.03. The largest absolute Gasteiger partial charge is 0.351 e. The van der Waals surface area contributed by atoms with Crippen LogP contribution in [0.1, 0.15) is 93.3 Å². The lowest BCUT2D eigenvalue weighted by atomic mass is 9.74. The molecule has 3 aliphatic carbocycles. The number of fused-ring (bicyclic) bond motifs is 2. The van der Waals surface area contributed by atoms with Crippen molar-refractivity contribution in [1.29, 1.82) is 0 Å². The Morgan fingerprint density at radius 2 is 1.83 bits per heavy atom. The van der Waals surface area contributed by atoms with E-state index in [1.54, 1.807) is 7.05 Å². The van der Waals surface area contributed by atoms with Gasteiger partial charge in [-0.05, 0) is 60.5 Å². The number of amides is 3. The van der Waals surface area contributed by atoms with Crippen molar-refractivity contribution in [3.8, 4) is 0 Å². The minimum atomic E-state index is -0.662. The zero-order chi connectivity index (χ0) is 29.5. The summed E-state index contributed by atoms with van der Waals surface area (Å²) < 4.78 is 5.16. The summed E-state index contributed by atoms with van der Waals surface area (Å²) in [5.41, 5.74) is 2.72. The molecule has 1 saturated heterocycles. The van der Waals surface area contributed by atoms with Gasteiger partial charge in [0.25, 0.3) is 5.91 Å². The van der Waals surface area contributed by atoms with Crippen LogP contribution in [-0.4, -0.2) is 64.9 Å². The number of nitrogens with one attached hydrogen (secondary N) is 1. The number of aromatic nitrogens is 1. The van der Waals surface area contributed by atoms with Crippen LogP contribution in [0.15, 0.2) is 47.1 Å². The van der Waals surface area contributed by atoms with Gasteiger partial charge >= 0.3 is 0 Å². The lowest BCUT2D eigenvalue weighted by molar-refractivity contribution is -0.140. The Balaban J connectivity index is 1.19. The van der Waals surface area contributed by atoms with Crippen molar-refractivity contribution in [1.82, 2.24) is 20.3 Å². The Kier molecular flexibility index (Phi) is 7.75. The molecule has 2 saturated carbocycles. The first-order valence-corrected chi connectivity index (χ1v) is 15.8. The highest BCUT2D eigenvalue weighted by Crippen LogP contribution is 2.63. The molecule has 1 aliphatic heterocycles. The third kappa shape index (κ3) is 5.07. The molecule has 4 aliphatic rings. The number of benzene rings is 1. The SMILES string of the molecule is CC[C@H](C)[C@H](NC(=O)[C@H](C1CC12CCCCC2)N(C)C(=O)c1ccno1)C(=O)N1CCC2(C=Cc3ccccc32)CC1. The molecule has 0 radical (unpaired) electrons. The van der Waals surface area contributed by atoms with Gasteiger partial charge in [0.2, 0.25) is 17.6 Å². The van der Waals surface area contributed by atoms with Gasteiger partial charge in [-0.25, -0.2) is 0 Å². The quantitative estimate of drug-likeness (QED) is 0.469. The Hall–Kier alpha value is -3.42. The Morgan fingerprint density at radius 3 is 2.52 bits per heavy atom. The highest BCUT2D eigenvalue weighted by Gasteiger charge is 2.60. The van der Waals surface area contributed by atoms with Crippen molar-refractivity contribution in [3.63, 3.8) is 0 Å². The van der Waals surface area contributed by atoms with Crippen LogP contribution in [0.4, 0.5) is 0 Å². The zero-order valence-corrected chi connectivity index (χ0v) is 25.2. The number of carbonyl (C=O) groups is 3. The molecule has 6 rings (SSSR count). The van der Waals surface area contributed by atoms with Crippen LogP contribution in [0.25, 0.3) is 6.08 Å². The number of carbonyl (C=O) groups excluding carboxylic acids is 3. The van der Waals surface area contributed by atoms with E-state index >= 15 is 0 Å². The minimum Gasteiger partial charge on any atom is -0.351 e. The predicted octanol–water partition coefficient (Wildman–Crippen LogP) is 5.20. The van der Waals surface area contributed by atoms with E-state index in [-0.39, 0.29) is 46.1 Å². The van der Waals surface area contributed by atoms with Crippen LogP contribution < -0.4 is 5.32 Å². The lowest BCUT2D eigenvalue weighted by Gasteiger charge is -2.41. The van der Waals surface area contributed by atoms with Crippen LogP contribution >= 0.6 is 0 Å². The summed E-state index contributed by atoms with van der Waals surface area (Å²) in [6.45, 7) is 5.39. The minimum absolute atomic E-state index is 0.0162. The summed E-state index contributed by atoms with van der Waals surface area (Å²) in [4.78, 5) is 45.1. The summed E-state index contributed by atoms with van der Waals surface area (Å²) in [6, 6.07) is 8.76. The van der Waals surface area contributed by atoms with Crippen LogP contribution in [0.5, 0.6) is 0 Å². The van der Waals surface area contributed by atoms with Gasteiger partial charge in [0.15, 0.2) is 0 Å². The maximum absolute atomic E-state index is 14.2. The summed E-state index contributed by atoms with van der Waals surface area (Å²) in [5, 5.41) is 6.87. The predicted molar refractivity (Wildman–Crippen MR) is 160 cm³/mol. The standard InChI is InChI=1S/C34H44N4O4/c1-4-23(2)28(32(41)38-20-17-33(18-21-38)16-12-24-10-6-7-11-25(24)33)36-30(39)29(26-22-34(26)14-8-5-9-15-34)37(3)31(40)27-13-19-35-42-27/h6-7,10-13,16,19,23,26,28-29H,4-5,8-9,14-15,17-18,20-22H2,1-3H3,(H,36,39)/t23-,26?,28-,29-/m0/s1. The zero-order valence-electron chi connectivity index (χ0n) is 25.2. The van der Waals surface area contributed by atoms with E-state index in [1.165, 1.54) is 34.7 Å². The fourth-order valence-corrected chi connectivity index (χ4v) is 8.03. The van der Waals surface area contributed by atoms with Gasteiger partial charge in [-0.2, -0.15) is 0 Å². The van der Waals surface area contributed by atoms with Crippen LogP contribution in [0.3, 0.4) is 0 Å². The first-order valence-electron chi connectivity index (χ1n) is 15.8. The van der Waals surface area contributed by atoms with Crippen molar-refractivity contribution >= 4 is 23.8 Å². The average molecular weight is 573 g/mol. The molecule has 1 unspecified atom stereocenters. The lowest BCUT2D eigenvalue weighted by Crippen LogP contribution is -2.58. The molecule has 3 fully saturated rings. The van der Waals surface area contributed by atoms with Crippen LogP contribution in [0, 0.1) is 17.3 Å². The molecule has 2 spiro atoms. The van der Waals surface area contributed by atoms with Crippen LogP contribution in [-0.2, 0) is 15.0 Å². The maximum Gasteiger partial charge on any atom is 0.292 e. The molecule has 42 heavy (non-hydrogen) atoms. The summed E-state index contributed by atoms with van der Waals surface area (Å²) in [5.74, 6) is -0.461. The van der Waals surface area contributed by atoms with Gasteiger partial charge in [-0.15, -0.1) is 0 Å². The molecule has 8 heteroatoms. The van der Waals surface area contributed by atoms with Crippen molar-refractivity contribution in [3.05, 3.63) is 59.5 Å². The molecule has 1 aromatic carbocycles. The van der Waals surface area contributed by atoms with E-state index in [9.17, 15) is 14.4 Å². The monoisotopic (exact) mass is 572 g/mol. The van der Waals surface area contributed by atoms with Gasteiger partial charge in [0.1, 0.15) is 12.1 Å². The number of hydrogen-bond donors (Lipinski definition) is 1. The number of nitrogens with zero attached hydrogens (tertiary/aromatic N) is 3. The van der Waals surface area contributed by atoms with E-state index < -0.39 is 12.1 Å². The number of likely N-dealkylation sites (N-methyl/N-ethyl adjacent to an activating group) is 1. The second-order valence-electron chi connectivity index (χ2n) is 13.2. The molecule has 224 valence electrons. The highest BCUT2D eigenvalue weighted by molar-refractivity contribution is 5.97. The van der Waals surface area contributed by atoms with E-state index in [2.05, 4.69) is 53.8 Å². The third-order valence-electron chi connectivity index (χ3n) is 11.0. The molecular formula is C34H44N4O4. The topological polar surface area (TPSA) is 95.7 Å². The van der Waals surface area contributed by atoms with Gasteiger partial charge in [-0.1, -0.05) is 81.1 Å². The Labute approximate surface area is 248 Å². The van der Waals surface area contributed by atoms with Crippen molar-refractivity contribution in [2.45, 2.75) is 89.1 Å². The number of likely N-dealkylation sites (tertiary alicyclic amines) is 1. The van der Waals surface area contributed by atoms with Crippen molar-refractivity contribution in [2.24, 2.45) is 17.3 Å². The van der Waals surface area contributed by atoms with E-state index in [0.717, 1.165) is 51.4 Å². The molecule has 1 aromatic heterocycles. The molecule has 3 amide bonds. The normalized spacial score (nSPS) is 23.7. The summed E-state index contributed by atoms with van der Waals surface area (Å²) >= 11 is 0. The molecule has 8 nitrogen and oxygen atoms in total. The van der Waals surface area contributed by atoms with Gasteiger partial charge < -0.3 is 19.6 Å². The van der Waals surface area contributed by atoms with Gasteiger partial charge in [-0.3, -0.25) is 14.4 Å². The van der Waals surface area contributed by atoms with E-state index in [1.807, 2.05) is 11.8 Å². The maximum atomic E-state index is 14.2. The van der Waals surface area contributed by atoms with E-state index in [4.69, 9.17) is 4.52 Å². The second-order valence-corrected chi connectivity index (χ2v) is 13.2. The number of rotatable bonds is 8. The summed E-state index contributed by atoms with van der Waals surface area (Å²) in [7, 11) is 1.68. The Morgan fingerprint density at radius 1 is 1.10 bits per heavy atom. The number of piperidine rings is 1. The van der Waals surface area contributed by atoms with E-state index in [0.29, 0.717) is 13.1 Å². The van der Waals surface area contributed by atoms with Crippen LogP contribution in [0.2, 0.25) is 0 Å². The molecule has 1 N–H and O–H groups in total. The molecular weight excluding hydrogens is 528 g/mol. The highest BCUT2D eigenvalue weighted by atomic mass is 16.5. The van der Waals surface area contributed by atoms with Crippen molar-refractivity contribution in [2.75, 3.05) is 20.1 Å². The molecule has 0 bridgehead atoms. The van der Waals surface area contributed by atoms with Gasteiger partial charge in [0.05, 0.1) is 6.20 Å². The average Bonchev–Trinajstić information content (AvgIpc) is 3.35. The fraction of sp³-hybridized carbons (Fsp3) is 0.588. The molecule has 2 aromatic rings. The first-order chi connectivity index (χ1) is 20.3. The second kappa shape index (κ2) is 11.3. The number of hydrogen-bond acceptors (Lipinski definition) is 5. The Bertz CT molecular complexity index is 1340.